The average Bonchev–Trinajstić information content (AvgIpc) is 2.79. The number of hydrogen-bond acceptors (Lipinski definition) is 4. The van der Waals surface area contributed by atoms with Gasteiger partial charge in [0.25, 0.3) is 15.9 Å². The predicted octanol–water partition coefficient (Wildman–Crippen LogP) is 3.09. The van der Waals surface area contributed by atoms with Gasteiger partial charge in [0.2, 0.25) is 0 Å². The summed E-state index contributed by atoms with van der Waals surface area (Å²) in [6.07, 6.45) is 5.57. The standard InChI is InChI=1S/C18H25N3O3S/c1-3-7-13(2)19-18(22)14-9-10-15-16(12-14)25(23,24)20-17-8-5-4-6-11-21(15)17/h9-10,12-13H,3-8,11H2,1-2H3,(H,19,22)/t13-/m0/s1. The van der Waals surface area contributed by atoms with E-state index < -0.39 is 10.0 Å². The molecule has 0 bridgehead atoms. The number of nitrogens with one attached hydrogen (secondary N) is 1. The lowest BCUT2D eigenvalue weighted by molar-refractivity contribution is 0.0938. The topological polar surface area (TPSA) is 78.8 Å². The van der Waals surface area contributed by atoms with Crippen LogP contribution in [0.4, 0.5) is 5.69 Å². The highest BCUT2D eigenvalue weighted by atomic mass is 32.2. The molecule has 1 amide bonds. The monoisotopic (exact) mass is 363 g/mol. The van der Waals surface area contributed by atoms with Crippen molar-refractivity contribution in [1.29, 1.82) is 0 Å². The van der Waals surface area contributed by atoms with Gasteiger partial charge in [0.15, 0.2) is 0 Å². The van der Waals surface area contributed by atoms with Crippen molar-refractivity contribution < 1.29 is 13.2 Å². The molecule has 1 aromatic rings. The summed E-state index contributed by atoms with van der Waals surface area (Å²) in [5.74, 6) is 0.378. The lowest BCUT2D eigenvalue weighted by atomic mass is 10.1. The molecule has 3 rings (SSSR count). The highest BCUT2D eigenvalue weighted by molar-refractivity contribution is 7.90. The van der Waals surface area contributed by atoms with E-state index in [2.05, 4.69) is 16.6 Å². The number of carbonyl (C=O) groups excluding carboxylic acids is 1. The van der Waals surface area contributed by atoms with Gasteiger partial charge in [-0.2, -0.15) is 8.42 Å². The Kier molecular flexibility index (Phi) is 5.13. The molecule has 1 aromatic carbocycles. The van der Waals surface area contributed by atoms with E-state index in [9.17, 15) is 13.2 Å². The zero-order valence-electron chi connectivity index (χ0n) is 14.8. The first-order valence-electron chi connectivity index (χ1n) is 8.98. The van der Waals surface area contributed by atoms with Crippen LogP contribution in [0.5, 0.6) is 0 Å². The van der Waals surface area contributed by atoms with Crippen LogP contribution >= 0.6 is 0 Å². The maximum absolute atomic E-state index is 12.6. The smallest absolute Gasteiger partial charge is 0.286 e. The van der Waals surface area contributed by atoms with Crippen molar-refractivity contribution in [2.45, 2.75) is 63.3 Å². The van der Waals surface area contributed by atoms with E-state index in [4.69, 9.17) is 0 Å². The van der Waals surface area contributed by atoms with E-state index >= 15 is 0 Å². The molecule has 0 spiro atoms. The number of anilines is 1. The van der Waals surface area contributed by atoms with Gasteiger partial charge >= 0.3 is 0 Å². The Bertz CT molecular complexity index is 802. The largest absolute Gasteiger partial charge is 0.350 e. The number of rotatable bonds is 4. The highest BCUT2D eigenvalue weighted by Gasteiger charge is 2.32. The minimum Gasteiger partial charge on any atom is -0.350 e. The number of benzene rings is 1. The van der Waals surface area contributed by atoms with Crippen molar-refractivity contribution in [3.8, 4) is 0 Å². The number of nitrogens with zero attached hydrogens (tertiary/aromatic N) is 2. The second kappa shape index (κ2) is 7.15. The van der Waals surface area contributed by atoms with Crippen LogP contribution in [0, 0.1) is 0 Å². The Morgan fingerprint density at radius 1 is 1.32 bits per heavy atom. The van der Waals surface area contributed by atoms with Gasteiger partial charge in [-0.25, -0.2) is 0 Å². The Balaban J connectivity index is 1.94. The van der Waals surface area contributed by atoms with Gasteiger partial charge in [0.05, 0.1) is 5.69 Å². The Morgan fingerprint density at radius 2 is 2.12 bits per heavy atom. The Hall–Kier alpha value is -1.89. The Labute approximate surface area is 149 Å². The van der Waals surface area contributed by atoms with Crippen molar-refractivity contribution in [2.24, 2.45) is 4.40 Å². The molecule has 0 aromatic heterocycles. The zero-order valence-corrected chi connectivity index (χ0v) is 15.6. The third-order valence-corrected chi connectivity index (χ3v) is 6.04. The molecule has 2 aliphatic heterocycles. The molecule has 0 unspecified atom stereocenters. The molecule has 25 heavy (non-hydrogen) atoms. The molecule has 2 heterocycles. The second-order valence-corrected chi connectivity index (χ2v) is 8.36. The maximum atomic E-state index is 12.6. The first-order valence-corrected chi connectivity index (χ1v) is 10.4. The van der Waals surface area contributed by atoms with Crippen LogP contribution in [0.25, 0.3) is 0 Å². The number of amidine groups is 1. The first kappa shape index (κ1) is 17.9. The molecule has 1 N–H and O–H groups in total. The fraction of sp³-hybridized carbons (Fsp3) is 0.556. The molecule has 0 saturated carbocycles. The van der Waals surface area contributed by atoms with E-state index in [0.29, 0.717) is 23.5 Å². The molecule has 1 fully saturated rings. The zero-order chi connectivity index (χ0) is 18.0. The second-order valence-electron chi connectivity index (χ2n) is 6.79. The normalized spacial score (nSPS) is 19.9. The molecule has 7 heteroatoms. The SMILES string of the molecule is CCC[C@H](C)NC(=O)c1ccc2c(c1)S(=O)(=O)N=C1CCCCCN12. The summed E-state index contributed by atoms with van der Waals surface area (Å²) in [5.41, 5.74) is 1.00. The van der Waals surface area contributed by atoms with Crippen molar-refractivity contribution in [3.05, 3.63) is 23.8 Å². The summed E-state index contributed by atoms with van der Waals surface area (Å²) in [6, 6.07) is 4.96. The summed E-state index contributed by atoms with van der Waals surface area (Å²) < 4.78 is 29.2. The summed E-state index contributed by atoms with van der Waals surface area (Å²) in [5, 5.41) is 2.91. The average molecular weight is 363 g/mol. The van der Waals surface area contributed by atoms with E-state index in [1.807, 2.05) is 11.8 Å². The van der Waals surface area contributed by atoms with Crippen LogP contribution in [0.1, 0.15) is 62.7 Å². The number of fused-ring (bicyclic) bond motifs is 3. The van der Waals surface area contributed by atoms with Crippen LogP contribution in [-0.2, 0) is 10.0 Å². The molecule has 0 aliphatic carbocycles. The van der Waals surface area contributed by atoms with Gasteiger partial charge in [0, 0.05) is 24.6 Å². The van der Waals surface area contributed by atoms with Crippen LogP contribution in [0.15, 0.2) is 27.5 Å². The van der Waals surface area contributed by atoms with Crippen molar-refractivity contribution >= 4 is 27.5 Å². The molecular weight excluding hydrogens is 338 g/mol. The van der Waals surface area contributed by atoms with Crippen LogP contribution in [-0.4, -0.2) is 32.7 Å². The first-order chi connectivity index (χ1) is 11.9. The van der Waals surface area contributed by atoms with Gasteiger partial charge in [-0.05, 0) is 44.4 Å². The van der Waals surface area contributed by atoms with Crippen molar-refractivity contribution in [1.82, 2.24) is 5.32 Å². The van der Waals surface area contributed by atoms with Gasteiger partial charge in [-0.15, -0.1) is 4.40 Å². The fourth-order valence-electron chi connectivity index (χ4n) is 3.43. The lowest BCUT2D eigenvalue weighted by Crippen LogP contribution is -2.36. The number of sulfonamides is 1. The third kappa shape index (κ3) is 3.71. The van der Waals surface area contributed by atoms with E-state index in [1.165, 1.54) is 6.07 Å². The fourth-order valence-corrected chi connectivity index (χ4v) is 4.72. The predicted molar refractivity (Wildman–Crippen MR) is 98.7 cm³/mol. The van der Waals surface area contributed by atoms with Crippen LogP contribution in [0.2, 0.25) is 0 Å². The minimum atomic E-state index is -3.76. The van der Waals surface area contributed by atoms with Gasteiger partial charge in [-0.3, -0.25) is 4.79 Å². The number of amides is 1. The number of hydrogen-bond donors (Lipinski definition) is 1. The molecular formula is C18H25N3O3S. The Morgan fingerprint density at radius 3 is 2.88 bits per heavy atom. The quantitative estimate of drug-likeness (QED) is 0.891. The maximum Gasteiger partial charge on any atom is 0.286 e. The van der Waals surface area contributed by atoms with E-state index in [0.717, 1.165) is 38.6 Å². The molecule has 2 aliphatic rings. The summed E-state index contributed by atoms with van der Waals surface area (Å²) in [4.78, 5) is 14.5. The van der Waals surface area contributed by atoms with Gasteiger partial charge < -0.3 is 10.2 Å². The van der Waals surface area contributed by atoms with Crippen molar-refractivity contribution in [2.75, 3.05) is 11.4 Å². The summed E-state index contributed by atoms with van der Waals surface area (Å²) in [7, 11) is -3.76. The summed E-state index contributed by atoms with van der Waals surface area (Å²) in [6.45, 7) is 4.77. The van der Waals surface area contributed by atoms with Crippen molar-refractivity contribution in [3.63, 3.8) is 0 Å². The summed E-state index contributed by atoms with van der Waals surface area (Å²) >= 11 is 0. The van der Waals surface area contributed by atoms with E-state index in [1.54, 1.807) is 12.1 Å². The molecule has 1 atom stereocenters. The molecule has 136 valence electrons. The van der Waals surface area contributed by atoms with Crippen LogP contribution in [0.3, 0.4) is 0 Å². The van der Waals surface area contributed by atoms with Gasteiger partial charge in [-0.1, -0.05) is 19.8 Å². The molecule has 1 saturated heterocycles. The highest BCUT2D eigenvalue weighted by Crippen LogP contribution is 2.34. The molecule has 6 nitrogen and oxygen atoms in total. The minimum absolute atomic E-state index is 0.0559. The molecule has 0 radical (unpaired) electrons. The van der Waals surface area contributed by atoms with E-state index in [-0.39, 0.29) is 16.8 Å². The van der Waals surface area contributed by atoms with Gasteiger partial charge in [0.1, 0.15) is 10.7 Å². The van der Waals surface area contributed by atoms with Crippen LogP contribution < -0.4 is 10.2 Å². The lowest BCUT2D eigenvalue weighted by Gasteiger charge is -2.29. The number of carbonyl (C=O) groups is 1. The third-order valence-electron chi connectivity index (χ3n) is 4.71.